The van der Waals surface area contributed by atoms with Gasteiger partial charge in [0.15, 0.2) is 11.5 Å². The van der Waals surface area contributed by atoms with Crippen LogP contribution >= 0.6 is 11.6 Å². The van der Waals surface area contributed by atoms with Crippen molar-refractivity contribution in [3.8, 4) is 22.8 Å². The van der Waals surface area contributed by atoms with E-state index in [0.717, 1.165) is 5.56 Å². The number of amides is 2. The number of hydrogen-bond donors (Lipinski definition) is 2. The molecule has 0 unspecified atom stereocenters. The SMILES string of the molecule is O=C(N/N=C\c1ccc(-c2ccc(Cl)cc2)o1)/C(=C\c1ccc2c(c1)OCO2)NC(=O)c1ccccc1. The molecule has 0 aliphatic carbocycles. The van der Waals surface area contributed by atoms with E-state index < -0.39 is 11.8 Å². The molecular formula is C28H20ClN3O5. The second-order valence-corrected chi connectivity index (χ2v) is 8.34. The van der Waals surface area contributed by atoms with Gasteiger partial charge in [-0.3, -0.25) is 9.59 Å². The Kier molecular flexibility index (Phi) is 7.00. The lowest BCUT2D eigenvalue weighted by molar-refractivity contribution is -0.117. The molecule has 8 nitrogen and oxygen atoms in total. The van der Waals surface area contributed by atoms with Crippen molar-refractivity contribution in [2.45, 2.75) is 0 Å². The summed E-state index contributed by atoms with van der Waals surface area (Å²) in [5.41, 5.74) is 4.31. The predicted octanol–water partition coefficient (Wildman–Crippen LogP) is 5.25. The van der Waals surface area contributed by atoms with Gasteiger partial charge in [0, 0.05) is 16.1 Å². The molecule has 2 N–H and O–H groups in total. The minimum Gasteiger partial charge on any atom is -0.455 e. The van der Waals surface area contributed by atoms with Crippen LogP contribution in [0.1, 0.15) is 21.7 Å². The third-order valence-corrected chi connectivity index (χ3v) is 5.60. The smallest absolute Gasteiger partial charge is 0.287 e. The van der Waals surface area contributed by atoms with E-state index in [2.05, 4.69) is 15.8 Å². The first-order valence-corrected chi connectivity index (χ1v) is 11.6. The van der Waals surface area contributed by atoms with Crippen LogP contribution in [0, 0.1) is 0 Å². The first-order chi connectivity index (χ1) is 18.0. The lowest BCUT2D eigenvalue weighted by atomic mass is 10.1. The maximum Gasteiger partial charge on any atom is 0.287 e. The van der Waals surface area contributed by atoms with Crippen molar-refractivity contribution in [2.75, 3.05) is 6.79 Å². The first kappa shape index (κ1) is 23.9. The molecule has 0 atom stereocenters. The zero-order chi connectivity index (χ0) is 25.6. The Hall–Kier alpha value is -4.82. The minimum absolute atomic E-state index is 0.00818. The number of nitrogens with one attached hydrogen (secondary N) is 2. The summed E-state index contributed by atoms with van der Waals surface area (Å²) in [7, 11) is 0. The van der Waals surface area contributed by atoms with Crippen LogP contribution in [0.4, 0.5) is 0 Å². The second-order valence-electron chi connectivity index (χ2n) is 7.90. The predicted molar refractivity (Wildman–Crippen MR) is 139 cm³/mol. The number of fused-ring (bicyclic) bond motifs is 1. The standard InChI is InChI=1S/C28H20ClN3O5/c29-21-9-7-19(8-10-21)24-13-11-22(37-24)16-30-32-28(34)23(31-27(33)20-4-2-1-3-5-20)14-18-6-12-25-26(15-18)36-17-35-25/h1-16H,17H2,(H,31,33)(H,32,34)/b23-14+,30-16-. The van der Waals surface area contributed by atoms with E-state index in [9.17, 15) is 9.59 Å². The fourth-order valence-electron chi connectivity index (χ4n) is 3.52. The van der Waals surface area contributed by atoms with E-state index in [4.69, 9.17) is 25.5 Å². The normalized spacial score (nSPS) is 12.5. The number of rotatable bonds is 7. The van der Waals surface area contributed by atoms with Gasteiger partial charge >= 0.3 is 0 Å². The number of benzene rings is 3. The lowest BCUT2D eigenvalue weighted by Gasteiger charge is -2.09. The van der Waals surface area contributed by atoms with E-state index in [1.165, 1.54) is 12.3 Å². The Morgan fingerprint density at radius 2 is 1.68 bits per heavy atom. The van der Waals surface area contributed by atoms with Crippen molar-refractivity contribution in [1.29, 1.82) is 0 Å². The fraction of sp³-hybridized carbons (Fsp3) is 0.0357. The number of hydrogen-bond acceptors (Lipinski definition) is 6. The highest BCUT2D eigenvalue weighted by atomic mass is 35.5. The van der Waals surface area contributed by atoms with Gasteiger partial charge in [-0.05, 0) is 72.3 Å². The first-order valence-electron chi connectivity index (χ1n) is 11.2. The number of ether oxygens (including phenoxy) is 2. The zero-order valence-corrected chi connectivity index (χ0v) is 20.1. The lowest BCUT2D eigenvalue weighted by Crippen LogP contribution is -2.32. The van der Waals surface area contributed by atoms with Gasteiger partial charge < -0.3 is 19.2 Å². The summed E-state index contributed by atoms with van der Waals surface area (Å²) in [5, 5.41) is 7.27. The van der Waals surface area contributed by atoms with Crippen LogP contribution in [0.15, 0.2) is 100 Å². The number of furan rings is 1. The molecule has 0 saturated carbocycles. The molecule has 0 bridgehead atoms. The van der Waals surface area contributed by atoms with Crippen LogP contribution in [0.3, 0.4) is 0 Å². The molecule has 0 fully saturated rings. The molecule has 0 saturated heterocycles. The summed E-state index contributed by atoms with van der Waals surface area (Å²) >= 11 is 5.94. The number of halogens is 1. The van der Waals surface area contributed by atoms with Crippen molar-refractivity contribution in [3.05, 3.63) is 113 Å². The molecule has 0 spiro atoms. The van der Waals surface area contributed by atoms with Crippen molar-refractivity contribution < 1.29 is 23.5 Å². The molecule has 4 aromatic rings. The number of carbonyl (C=O) groups is 2. The molecule has 184 valence electrons. The van der Waals surface area contributed by atoms with Crippen LogP contribution in [-0.2, 0) is 4.79 Å². The highest BCUT2D eigenvalue weighted by molar-refractivity contribution is 6.30. The van der Waals surface area contributed by atoms with E-state index in [0.29, 0.717) is 39.2 Å². The number of hydrazone groups is 1. The molecule has 5 rings (SSSR count). The van der Waals surface area contributed by atoms with Crippen LogP contribution < -0.4 is 20.2 Å². The van der Waals surface area contributed by atoms with Crippen molar-refractivity contribution in [1.82, 2.24) is 10.7 Å². The highest BCUT2D eigenvalue weighted by Crippen LogP contribution is 2.33. The van der Waals surface area contributed by atoms with E-state index >= 15 is 0 Å². The molecule has 1 aromatic heterocycles. The Morgan fingerprint density at radius 3 is 2.49 bits per heavy atom. The van der Waals surface area contributed by atoms with Gasteiger partial charge in [-0.25, -0.2) is 5.43 Å². The summed E-state index contributed by atoms with van der Waals surface area (Å²) in [6.45, 7) is 0.127. The van der Waals surface area contributed by atoms with Crippen LogP contribution in [0.5, 0.6) is 11.5 Å². The summed E-state index contributed by atoms with van der Waals surface area (Å²) in [6.07, 6.45) is 2.90. The number of nitrogens with zero attached hydrogens (tertiary/aromatic N) is 1. The molecular weight excluding hydrogens is 494 g/mol. The number of carbonyl (C=O) groups excluding carboxylic acids is 2. The third kappa shape index (κ3) is 5.88. The molecule has 2 amide bonds. The topological polar surface area (TPSA) is 102 Å². The van der Waals surface area contributed by atoms with E-state index in [1.807, 2.05) is 12.1 Å². The average Bonchev–Trinajstić information content (AvgIpc) is 3.59. The molecule has 2 heterocycles. The third-order valence-electron chi connectivity index (χ3n) is 5.35. The second kappa shape index (κ2) is 10.8. The monoisotopic (exact) mass is 513 g/mol. The van der Waals surface area contributed by atoms with Gasteiger partial charge in [-0.1, -0.05) is 35.9 Å². The minimum atomic E-state index is -0.623. The Morgan fingerprint density at radius 1 is 0.892 bits per heavy atom. The maximum absolute atomic E-state index is 13.0. The summed E-state index contributed by atoms with van der Waals surface area (Å²) < 4.78 is 16.5. The highest BCUT2D eigenvalue weighted by Gasteiger charge is 2.17. The Bertz CT molecular complexity index is 1490. The summed E-state index contributed by atoms with van der Waals surface area (Å²) in [4.78, 5) is 25.7. The largest absolute Gasteiger partial charge is 0.455 e. The quantitative estimate of drug-likeness (QED) is 0.200. The summed E-state index contributed by atoms with van der Waals surface area (Å²) in [6, 6.07) is 24.5. The average molecular weight is 514 g/mol. The maximum atomic E-state index is 13.0. The van der Waals surface area contributed by atoms with Gasteiger partial charge in [0.05, 0.1) is 6.21 Å². The van der Waals surface area contributed by atoms with Crippen molar-refractivity contribution in [3.63, 3.8) is 0 Å². The van der Waals surface area contributed by atoms with Gasteiger partial charge in [-0.15, -0.1) is 0 Å². The van der Waals surface area contributed by atoms with Crippen LogP contribution in [0.2, 0.25) is 5.02 Å². The zero-order valence-electron chi connectivity index (χ0n) is 19.3. The van der Waals surface area contributed by atoms with Gasteiger partial charge in [0.2, 0.25) is 6.79 Å². The Balaban J connectivity index is 1.33. The van der Waals surface area contributed by atoms with Gasteiger partial charge in [0.25, 0.3) is 11.8 Å². The molecule has 1 aliphatic rings. The van der Waals surface area contributed by atoms with Gasteiger partial charge in [-0.2, -0.15) is 5.10 Å². The van der Waals surface area contributed by atoms with E-state index in [-0.39, 0.29) is 12.5 Å². The summed E-state index contributed by atoms with van der Waals surface area (Å²) in [5.74, 6) is 1.16. The molecule has 9 heteroatoms. The Labute approximate surface area is 217 Å². The fourth-order valence-corrected chi connectivity index (χ4v) is 3.64. The molecule has 37 heavy (non-hydrogen) atoms. The van der Waals surface area contributed by atoms with E-state index in [1.54, 1.807) is 72.8 Å². The van der Waals surface area contributed by atoms with Gasteiger partial charge in [0.1, 0.15) is 17.2 Å². The molecule has 1 aliphatic heterocycles. The molecule has 0 radical (unpaired) electrons. The van der Waals surface area contributed by atoms with Crippen LogP contribution in [0.25, 0.3) is 17.4 Å². The van der Waals surface area contributed by atoms with Crippen LogP contribution in [-0.4, -0.2) is 24.8 Å². The van der Waals surface area contributed by atoms with Crippen molar-refractivity contribution in [2.24, 2.45) is 5.10 Å². The van der Waals surface area contributed by atoms with Crippen molar-refractivity contribution >= 4 is 35.7 Å². The molecule has 3 aromatic carbocycles.